The average Bonchev–Trinajstić information content (AvgIpc) is 1.56. The van der Waals surface area contributed by atoms with Crippen molar-refractivity contribution in [1.29, 1.82) is 0 Å². The van der Waals surface area contributed by atoms with Crippen LogP contribution < -0.4 is 0 Å². The van der Waals surface area contributed by atoms with Crippen molar-refractivity contribution in [3.05, 3.63) is 0 Å². The first kappa shape index (κ1) is 106. The standard InChI is InChI=1S/C15H26.3C14H24.C14H26.2C13H24.2C12H22.C11H20/c1-14(2,3)15-9-7-11(8-10-15)12-5-4-6-13(12)15;1-13(2,3)14-7-10-4-11(8-14)6-12(5-10)9-14;1-13(2,3)14-5-4-11-6-10(8-14)7-12(11)9-14;1-13(2,3)14-8-7-10(9-14)11-5-4-6-12(11)14;1-13(2,3)14-10-6-4-8-12(14)9-5-7-11-14;1-12(2,3)13-8-4-6-11(10-13)7-5-9-13;1-12(2,3)13-9-5-4-7-11(13)8-6-10-13;1-11(2,3)12-7-4-10(5-8-12)6-9-12;1-11(2,3)12-8-4-6-10(12)7-5-9-12;1-10(2,3)11-6-4-9(8-11)5-7-11/h11-13H,4-10H2,1-3H3;3*10-12H,4-9H2,1-3H3;12H,4-11H2,1-3H3;2*11H,4-10H2,1-3H3;2*10H,4-9H2,1-3H3;9H,4-8H2,1-3H3. The van der Waals surface area contributed by atoms with E-state index in [2.05, 4.69) is 208 Å². The van der Waals surface area contributed by atoms with Crippen molar-refractivity contribution in [3.8, 4) is 0 Å². The molecule has 0 amide bonds. The molecule has 0 aromatic carbocycles. The van der Waals surface area contributed by atoms with Crippen molar-refractivity contribution in [2.45, 2.75) is 619 Å². The van der Waals surface area contributed by atoms with Crippen molar-refractivity contribution >= 4 is 0 Å². The smallest absolute Gasteiger partial charge is 0.0215 e. The van der Waals surface area contributed by atoms with Crippen LogP contribution in [-0.2, 0) is 0 Å². The van der Waals surface area contributed by atoms with Crippen molar-refractivity contribution in [1.82, 2.24) is 0 Å². The molecule has 12 unspecified atom stereocenters. The van der Waals surface area contributed by atoms with E-state index in [1.54, 1.807) is 141 Å². The summed E-state index contributed by atoms with van der Waals surface area (Å²) in [4.78, 5) is 0. The highest BCUT2D eigenvalue weighted by atomic mass is 14.7. The molecular formula is C132H236. The summed E-state index contributed by atoms with van der Waals surface area (Å²) >= 11 is 0. The Balaban J connectivity index is 0.000000112. The molecule has 27 saturated carbocycles. The maximum Gasteiger partial charge on any atom is -0.0215 e. The number of rotatable bonds is 0. The molecule has 0 nitrogen and oxygen atoms in total. The zero-order valence-corrected chi connectivity index (χ0v) is 95.6. The van der Waals surface area contributed by atoms with Crippen molar-refractivity contribution in [2.75, 3.05) is 0 Å². The van der Waals surface area contributed by atoms with Crippen LogP contribution in [0.4, 0.5) is 0 Å². The van der Waals surface area contributed by atoms with E-state index in [9.17, 15) is 0 Å². The molecule has 0 heterocycles. The molecule has 764 valence electrons. The quantitative estimate of drug-likeness (QED) is 0.227. The Morgan fingerprint density at radius 3 is 0.795 bits per heavy atom. The number of hydrogen-bond acceptors (Lipinski definition) is 0. The lowest BCUT2D eigenvalue weighted by atomic mass is 9.43. The Labute approximate surface area is 827 Å². The molecule has 0 aromatic heterocycles. The topological polar surface area (TPSA) is 0 Å². The highest BCUT2D eigenvalue weighted by Crippen LogP contribution is 2.75. The summed E-state index contributed by atoms with van der Waals surface area (Å²) in [6.45, 7) is 74.1. The van der Waals surface area contributed by atoms with Crippen LogP contribution in [0, 0.1) is 215 Å². The lowest BCUT2D eigenvalue weighted by Gasteiger charge is -2.62. The Morgan fingerprint density at radius 1 is 0.144 bits per heavy atom. The minimum Gasteiger partial charge on any atom is -0.0596 e. The molecule has 0 radical (unpaired) electrons. The molecule has 27 fully saturated rings. The Kier molecular flexibility index (Phi) is 31.5. The van der Waals surface area contributed by atoms with Gasteiger partial charge >= 0.3 is 0 Å². The van der Waals surface area contributed by atoms with E-state index in [0.717, 1.165) is 150 Å². The third-order valence-electron chi connectivity index (χ3n) is 52.2. The summed E-state index contributed by atoms with van der Waals surface area (Å²) in [7, 11) is 0. The van der Waals surface area contributed by atoms with Crippen LogP contribution in [0.2, 0.25) is 0 Å². The SMILES string of the molecule is CC(C)(C)C12CC3CC(CC(C3)C1)C2.CC(C)(C)C12CCC(C1)C1CCCC12.CC(C)(C)C12CCC(CC1)C1CCCC12.CC(C)(C)C12CCC(CC1)C2.CC(C)(C)C12CCC(CC1)CC2.CC(C)(C)C12CCC3CC(CC3C1)C2.CC(C)(C)C12CCCC(CCC1)C2.CC(C)(C)C12CCCC1CCC2.CC(C)(C)C12CCCCC1CCC2.CC(C)(C)C12CCCCC1CCCC2. The first-order valence-electron chi connectivity index (χ1n) is 61.4. The molecule has 132 heavy (non-hydrogen) atoms. The van der Waals surface area contributed by atoms with E-state index in [0.29, 0.717) is 65.0 Å². The minimum absolute atomic E-state index is 0.540. The highest BCUT2D eigenvalue weighted by molar-refractivity contribution is 5.15. The largest absolute Gasteiger partial charge is 0.0596 e. The predicted molar refractivity (Wildman–Crippen MR) is 577 cm³/mol. The molecule has 0 spiro atoms. The van der Waals surface area contributed by atoms with Gasteiger partial charge in [0.1, 0.15) is 0 Å². The number of hydrogen-bond donors (Lipinski definition) is 0. The van der Waals surface area contributed by atoms with Gasteiger partial charge in [-0.15, -0.1) is 0 Å². The van der Waals surface area contributed by atoms with Gasteiger partial charge in [-0.2, -0.15) is 0 Å². The van der Waals surface area contributed by atoms with Crippen LogP contribution in [0.5, 0.6) is 0 Å². The molecule has 17 bridgehead atoms. The normalized spacial score (nSPS) is 45.2. The molecular weight excluding hydrogens is 1590 g/mol. The van der Waals surface area contributed by atoms with Gasteiger partial charge in [0.25, 0.3) is 0 Å². The van der Waals surface area contributed by atoms with Gasteiger partial charge < -0.3 is 0 Å². The van der Waals surface area contributed by atoms with E-state index >= 15 is 0 Å². The summed E-state index contributed by atoms with van der Waals surface area (Å²) in [5.41, 5.74) is 12.9. The van der Waals surface area contributed by atoms with E-state index < -0.39 is 0 Å². The van der Waals surface area contributed by atoms with Crippen molar-refractivity contribution < 1.29 is 0 Å². The second kappa shape index (κ2) is 39.1. The van der Waals surface area contributed by atoms with Gasteiger partial charge in [0.05, 0.1) is 0 Å². The van der Waals surface area contributed by atoms with Gasteiger partial charge in [0.15, 0.2) is 0 Å². The van der Waals surface area contributed by atoms with E-state index in [1.807, 2.05) is 0 Å². The summed E-state index contributed by atoms with van der Waals surface area (Å²) < 4.78 is 0. The molecule has 0 saturated heterocycles. The molecule has 0 aliphatic heterocycles. The van der Waals surface area contributed by atoms with Crippen LogP contribution in [0.25, 0.3) is 0 Å². The van der Waals surface area contributed by atoms with Crippen LogP contribution in [-0.4, -0.2) is 0 Å². The van der Waals surface area contributed by atoms with Gasteiger partial charge in [0, 0.05) is 0 Å². The maximum atomic E-state index is 2.51. The fourth-order valence-corrected chi connectivity index (χ4v) is 43.3. The average molecular weight is 1820 g/mol. The van der Waals surface area contributed by atoms with Gasteiger partial charge in [-0.1, -0.05) is 304 Å². The molecule has 27 aliphatic carbocycles. The van der Waals surface area contributed by atoms with Gasteiger partial charge in [-0.05, 0) is 529 Å². The summed E-state index contributed by atoms with van der Waals surface area (Å²) in [5.74, 6) is 20.0. The fraction of sp³-hybridized carbons (Fsp3) is 1.00. The molecule has 0 heteroatoms. The molecule has 27 aliphatic rings. The lowest BCUT2D eigenvalue weighted by molar-refractivity contribution is -0.113. The second-order valence-corrected chi connectivity index (χ2v) is 66.1. The molecule has 0 aromatic rings. The van der Waals surface area contributed by atoms with E-state index in [1.165, 1.54) is 270 Å². The van der Waals surface area contributed by atoms with Crippen LogP contribution >= 0.6 is 0 Å². The summed E-state index contributed by atoms with van der Waals surface area (Å²) in [6.07, 6.45) is 98.0. The lowest BCUT2D eigenvalue weighted by Crippen LogP contribution is -2.52. The number of fused-ring (bicyclic) bond motifs is 19. The Hall–Kier alpha value is 0. The second-order valence-electron chi connectivity index (χ2n) is 66.1. The first-order valence-corrected chi connectivity index (χ1v) is 61.4. The molecule has 0 N–H and O–H groups in total. The van der Waals surface area contributed by atoms with Crippen molar-refractivity contribution in [3.63, 3.8) is 0 Å². The highest BCUT2D eigenvalue weighted by Gasteiger charge is 2.65. The fourth-order valence-electron chi connectivity index (χ4n) is 43.3. The van der Waals surface area contributed by atoms with Crippen LogP contribution in [0.15, 0.2) is 0 Å². The monoisotopic (exact) mass is 1820 g/mol. The Morgan fingerprint density at radius 2 is 0.432 bits per heavy atom. The van der Waals surface area contributed by atoms with E-state index in [4.69, 9.17) is 0 Å². The van der Waals surface area contributed by atoms with Crippen LogP contribution in [0.3, 0.4) is 0 Å². The Bertz CT molecular complexity index is 3510. The van der Waals surface area contributed by atoms with Crippen molar-refractivity contribution in [2.24, 2.45) is 215 Å². The first-order chi connectivity index (χ1) is 61.4. The molecule has 27 rings (SSSR count). The predicted octanol–water partition coefficient (Wildman–Crippen LogP) is 42.6. The zero-order valence-electron chi connectivity index (χ0n) is 95.6. The van der Waals surface area contributed by atoms with Gasteiger partial charge in [-0.3, -0.25) is 0 Å². The zero-order chi connectivity index (χ0) is 95.6. The molecule has 12 atom stereocenters. The van der Waals surface area contributed by atoms with E-state index in [-0.39, 0.29) is 0 Å². The van der Waals surface area contributed by atoms with Gasteiger partial charge in [-0.25, -0.2) is 0 Å². The summed E-state index contributed by atoms with van der Waals surface area (Å²) in [6, 6.07) is 0. The third-order valence-corrected chi connectivity index (χ3v) is 52.2. The third kappa shape index (κ3) is 20.5. The van der Waals surface area contributed by atoms with Gasteiger partial charge in [0.2, 0.25) is 0 Å². The van der Waals surface area contributed by atoms with Crippen LogP contribution in [0.1, 0.15) is 619 Å². The minimum atomic E-state index is 0.540. The maximum absolute atomic E-state index is 2.51. The summed E-state index contributed by atoms with van der Waals surface area (Å²) in [5, 5.41) is 0.